The van der Waals surface area contributed by atoms with E-state index in [0.29, 0.717) is 26.2 Å². The van der Waals surface area contributed by atoms with Crippen LogP contribution in [0.25, 0.3) is 0 Å². The summed E-state index contributed by atoms with van der Waals surface area (Å²) < 4.78 is 10.7. The summed E-state index contributed by atoms with van der Waals surface area (Å²) in [5.41, 5.74) is 3.53. The minimum Gasteiger partial charge on any atom is -0.504 e. The highest BCUT2D eigenvalue weighted by molar-refractivity contribution is 14.1. The van der Waals surface area contributed by atoms with Crippen molar-refractivity contribution < 1.29 is 24.2 Å². The van der Waals surface area contributed by atoms with Gasteiger partial charge in [0, 0.05) is 18.5 Å². The molecule has 0 saturated heterocycles. The molecular formula is C19H20IN3O5. The second-order valence-corrected chi connectivity index (χ2v) is 6.74. The number of nitrogens with zero attached hydrogens (tertiary/aromatic N) is 1. The summed E-state index contributed by atoms with van der Waals surface area (Å²) >= 11 is 1.97. The van der Waals surface area contributed by atoms with E-state index in [1.54, 1.807) is 43.5 Å². The molecule has 0 spiro atoms. The Morgan fingerprint density at radius 2 is 1.89 bits per heavy atom. The van der Waals surface area contributed by atoms with Gasteiger partial charge in [-0.3, -0.25) is 9.59 Å². The zero-order chi connectivity index (χ0) is 20.5. The molecule has 0 aromatic heterocycles. The molecule has 8 nitrogen and oxygen atoms in total. The Morgan fingerprint density at radius 1 is 1.18 bits per heavy atom. The van der Waals surface area contributed by atoms with Gasteiger partial charge in [0.25, 0.3) is 5.91 Å². The fourth-order valence-electron chi connectivity index (χ4n) is 2.19. The van der Waals surface area contributed by atoms with Gasteiger partial charge in [0.2, 0.25) is 5.91 Å². The second-order valence-electron chi connectivity index (χ2n) is 5.58. The average molecular weight is 497 g/mol. The maximum absolute atomic E-state index is 12.0. The number of carbonyl (C=O) groups is 2. The van der Waals surface area contributed by atoms with Crippen LogP contribution in [-0.2, 0) is 4.79 Å². The van der Waals surface area contributed by atoms with Crippen LogP contribution in [0.5, 0.6) is 17.2 Å². The number of methoxy groups -OCH3 is 2. The summed E-state index contributed by atoms with van der Waals surface area (Å²) in [6, 6.07) is 9.97. The zero-order valence-corrected chi connectivity index (χ0v) is 17.5. The van der Waals surface area contributed by atoms with Gasteiger partial charge in [-0.2, -0.15) is 5.10 Å². The molecular weight excluding hydrogens is 477 g/mol. The number of aromatic hydroxyl groups is 1. The molecule has 0 unspecified atom stereocenters. The molecule has 148 valence electrons. The highest BCUT2D eigenvalue weighted by Crippen LogP contribution is 2.31. The molecule has 0 fully saturated rings. The molecule has 2 amide bonds. The number of halogens is 1. The molecule has 0 saturated carbocycles. The number of hydrogen-bond donors (Lipinski definition) is 3. The van der Waals surface area contributed by atoms with Gasteiger partial charge in [-0.05, 0) is 64.6 Å². The van der Waals surface area contributed by atoms with Crippen molar-refractivity contribution in [1.29, 1.82) is 0 Å². The van der Waals surface area contributed by atoms with Crippen LogP contribution in [0.4, 0.5) is 0 Å². The third kappa shape index (κ3) is 6.12. The third-order valence-corrected chi connectivity index (χ3v) is 4.49. The van der Waals surface area contributed by atoms with E-state index in [1.807, 2.05) is 22.6 Å². The van der Waals surface area contributed by atoms with E-state index >= 15 is 0 Å². The molecule has 0 aliphatic heterocycles. The van der Waals surface area contributed by atoms with Crippen LogP contribution in [0.2, 0.25) is 0 Å². The highest BCUT2D eigenvalue weighted by Gasteiger charge is 2.08. The Bertz CT molecular complexity index is 869. The van der Waals surface area contributed by atoms with Crippen molar-refractivity contribution >= 4 is 40.6 Å². The van der Waals surface area contributed by atoms with Gasteiger partial charge < -0.3 is 19.9 Å². The maximum atomic E-state index is 12.0. The van der Waals surface area contributed by atoms with E-state index in [0.717, 1.165) is 0 Å². The number of phenols is 1. The Balaban J connectivity index is 1.78. The number of nitrogens with one attached hydrogen (secondary N) is 2. The third-order valence-electron chi connectivity index (χ3n) is 3.66. The van der Waals surface area contributed by atoms with Gasteiger partial charge in [0.1, 0.15) is 5.75 Å². The number of hydrogen-bond acceptors (Lipinski definition) is 6. The van der Waals surface area contributed by atoms with Gasteiger partial charge >= 0.3 is 0 Å². The molecule has 0 aliphatic rings. The SMILES string of the molecule is COc1ccc(C(=O)NCCC(=O)NN=Cc2cc(I)c(O)c(OC)c2)cc1. The quantitative estimate of drug-likeness (QED) is 0.295. The number of amides is 2. The molecule has 0 heterocycles. The van der Waals surface area contributed by atoms with Gasteiger partial charge in [-0.1, -0.05) is 0 Å². The van der Waals surface area contributed by atoms with E-state index < -0.39 is 0 Å². The fourth-order valence-corrected chi connectivity index (χ4v) is 2.82. The van der Waals surface area contributed by atoms with Crippen molar-refractivity contribution in [2.45, 2.75) is 6.42 Å². The topological polar surface area (TPSA) is 109 Å². The first-order chi connectivity index (χ1) is 13.4. The van der Waals surface area contributed by atoms with Crippen LogP contribution >= 0.6 is 22.6 Å². The molecule has 2 aromatic rings. The van der Waals surface area contributed by atoms with Crippen molar-refractivity contribution in [3.63, 3.8) is 0 Å². The van der Waals surface area contributed by atoms with E-state index in [9.17, 15) is 14.7 Å². The highest BCUT2D eigenvalue weighted by atomic mass is 127. The molecule has 2 rings (SSSR count). The Hall–Kier alpha value is -2.82. The summed E-state index contributed by atoms with van der Waals surface area (Å²) in [6.07, 6.45) is 1.52. The maximum Gasteiger partial charge on any atom is 0.251 e. The van der Waals surface area contributed by atoms with Gasteiger partial charge in [-0.25, -0.2) is 5.43 Å². The molecule has 28 heavy (non-hydrogen) atoms. The molecule has 0 radical (unpaired) electrons. The summed E-state index contributed by atoms with van der Waals surface area (Å²) in [5, 5.41) is 16.3. The molecule has 2 aromatic carbocycles. The monoisotopic (exact) mass is 497 g/mol. The van der Waals surface area contributed by atoms with Crippen molar-refractivity contribution in [2.75, 3.05) is 20.8 Å². The average Bonchev–Trinajstić information content (AvgIpc) is 2.70. The van der Waals surface area contributed by atoms with Crippen LogP contribution in [0.1, 0.15) is 22.3 Å². The molecule has 3 N–H and O–H groups in total. The second kappa shape index (κ2) is 10.5. The molecule has 0 aliphatic carbocycles. The number of hydrazone groups is 1. The molecule has 0 bridgehead atoms. The van der Waals surface area contributed by atoms with E-state index in [4.69, 9.17) is 9.47 Å². The first kappa shape index (κ1) is 21.5. The Kier molecular flexibility index (Phi) is 8.05. The number of phenolic OH excluding ortho intramolecular Hbond substituents is 1. The first-order valence-corrected chi connectivity index (χ1v) is 9.33. The lowest BCUT2D eigenvalue weighted by Gasteiger charge is -2.07. The predicted molar refractivity (Wildman–Crippen MR) is 113 cm³/mol. The minimum absolute atomic E-state index is 0.0527. The summed E-state index contributed by atoms with van der Waals surface area (Å²) in [7, 11) is 3.00. The summed E-state index contributed by atoms with van der Waals surface area (Å²) in [6.45, 7) is 0.178. The van der Waals surface area contributed by atoms with E-state index in [-0.39, 0.29) is 30.5 Å². The van der Waals surface area contributed by atoms with Crippen molar-refractivity contribution in [2.24, 2.45) is 5.10 Å². The number of benzene rings is 2. The van der Waals surface area contributed by atoms with Crippen molar-refractivity contribution in [3.05, 3.63) is 51.1 Å². The number of ether oxygens (including phenoxy) is 2. The van der Waals surface area contributed by atoms with Crippen molar-refractivity contribution in [3.8, 4) is 17.2 Å². The van der Waals surface area contributed by atoms with Gasteiger partial charge in [-0.15, -0.1) is 0 Å². The minimum atomic E-state index is -0.341. The number of carbonyl (C=O) groups excluding carboxylic acids is 2. The van der Waals surface area contributed by atoms with Gasteiger partial charge in [0.05, 0.1) is 24.0 Å². The predicted octanol–water partition coefficient (Wildman–Crippen LogP) is 2.28. The van der Waals surface area contributed by atoms with Crippen molar-refractivity contribution in [1.82, 2.24) is 10.7 Å². The molecule has 0 atom stereocenters. The van der Waals surface area contributed by atoms with E-state index in [2.05, 4.69) is 15.8 Å². The Morgan fingerprint density at radius 3 is 2.54 bits per heavy atom. The summed E-state index contributed by atoms with van der Waals surface area (Å²) in [4.78, 5) is 23.8. The smallest absolute Gasteiger partial charge is 0.251 e. The zero-order valence-electron chi connectivity index (χ0n) is 15.4. The lowest BCUT2D eigenvalue weighted by atomic mass is 10.2. The first-order valence-electron chi connectivity index (χ1n) is 8.25. The molecule has 9 heteroatoms. The normalized spacial score (nSPS) is 10.5. The largest absolute Gasteiger partial charge is 0.504 e. The lowest BCUT2D eigenvalue weighted by molar-refractivity contribution is -0.120. The number of rotatable bonds is 8. The van der Waals surface area contributed by atoms with Gasteiger partial charge in [0.15, 0.2) is 11.5 Å². The van der Waals surface area contributed by atoms with E-state index in [1.165, 1.54) is 13.3 Å². The van der Waals surface area contributed by atoms with Crippen LogP contribution < -0.4 is 20.2 Å². The lowest BCUT2D eigenvalue weighted by Crippen LogP contribution is -2.29. The standard InChI is InChI=1S/C19H20IN3O5/c1-27-14-5-3-13(4-6-14)19(26)21-8-7-17(24)23-22-11-12-9-15(20)18(25)16(10-12)28-2/h3-6,9-11,25H,7-8H2,1-2H3,(H,21,26)(H,23,24). The Labute approximate surface area is 176 Å². The summed E-state index contributed by atoms with van der Waals surface area (Å²) in [5.74, 6) is 0.420. The van der Waals surface area contributed by atoms with Crippen LogP contribution in [0.15, 0.2) is 41.5 Å². The van der Waals surface area contributed by atoms with Crippen LogP contribution in [-0.4, -0.2) is 43.9 Å². The fraction of sp³-hybridized carbons (Fsp3) is 0.211. The van der Waals surface area contributed by atoms with Crippen LogP contribution in [0, 0.1) is 3.57 Å². The van der Waals surface area contributed by atoms with Crippen LogP contribution in [0.3, 0.4) is 0 Å².